The van der Waals surface area contributed by atoms with Gasteiger partial charge in [0, 0.05) is 12.8 Å². The molecule has 0 aliphatic rings. The highest BCUT2D eigenvalue weighted by molar-refractivity contribution is 5.76. The molecule has 0 aromatic carbocycles. The van der Waals surface area contributed by atoms with E-state index >= 15 is 0 Å². The van der Waals surface area contributed by atoms with Crippen LogP contribution in [0.4, 0.5) is 0 Å². The molecule has 0 rings (SSSR count). The molecule has 2 unspecified atom stereocenters. The molecule has 3 N–H and O–H groups in total. The maximum atomic E-state index is 12.5. The van der Waals surface area contributed by atoms with Gasteiger partial charge < -0.3 is 20.3 Å². The van der Waals surface area contributed by atoms with Crippen molar-refractivity contribution in [3.05, 3.63) is 24.3 Å². The molecule has 69 heavy (non-hydrogen) atoms. The van der Waals surface area contributed by atoms with Gasteiger partial charge in [-0.05, 0) is 77.0 Å². The number of esters is 1. The summed E-state index contributed by atoms with van der Waals surface area (Å²) < 4.78 is 5.49. The van der Waals surface area contributed by atoms with E-state index in [1.807, 2.05) is 0 Å². The molecule has 0 saturated heterocycles. The minimum atomic E-state index is -0.668. The molecule has 2 atom stereocenters. The van der Waals surface area contributed by atoms with E-state index < -0.39 is 12.1 Å². The van der Waals surface area contributed by atoms with Crippen LogP contribution in [0.5, 0.6) is 0 Å². The molecule has 0 saturated carbocycles. The monoisotopic (exact) mass is 972 g/mol. The number of amides is 1. The molecule has 0 radical (unpaired) electrons. The summed E-state index contributed by atoms with van der Waals surface area (Å²) in [6.07, 6.45) is 71.8. The number of hydrogen-bond donors (Lipinski definition) is 3. The van der Waals surface area contributed by atoms with Crippen LogP contribution in [0.15, 0.2) is 24.3 Å². The van der Waals surface area contributed by atoms with E-state index in [2.05, 4.69) is 43.5 Å². The fraction of sp³-hybridized carbons (Fsp3) is 0.905. The lowest BCUT2D eigenvalue weighted by molar-refractivity contribution is -0.143. The Morgan fingerprint density at radius 2 is 0.681 bits per heavy atom. The highest BCUT2D eigenvalue weighted by Crippen LogP contribution is 2.17. The molecule has 0 bridgehead atoms. The SMILES string of the molecule is CCCCCCCCC/C=C\CCCCCCCCCC(=O)OCCCCCCCCCCCC/C=C\CCCCCCCCCC(=O)NC(CO)C(O)CCCCCCCCCCCCCCC. The second-order valence-electron chi connectivity index (χ2n) is 21.4. The lowest BCUT2D eigenvalue weighted by atomic mass is 10.0. The number of aliphatic hydroxyl groups excluding tert-OH is 2. The Kier molecular flexibility index (Phi) is 57.5. The topological polar surface area (TPSA) is 95.9 Å². The van der Waals surface area contributed by atoms with Crippen LogP contribution in [0.25, 0.3) is 0 Å². The third-order valence-corrected chi connectivity index (χ3v) is 14.5. The quantitative estimate of drug-likeness (QED) is 0.0321. The number of carbonyl (C=O) groups is 2. The predicted octanol–water partition coefficient (Wildman–Crippen LogP) is 19.4. The molecule has 0 spiro atoms. The van der Waals surface area contributed by atoms with Crippen LogP contribution in [0.2, 0.25) is 0 Å². The first-order valence-corrected chi connectivity index (χ1v) is 31.1. The molecular formula is C63H121NO5. The van der Waals surface area contributed by atoms with E-state index in [1.54, 1.807) is 0 Å². The van der Waals surface area contributed by atoms with Crippen LogP contribution in [-0.4, -0.2) is 47.4 Å². The van der Waals surface area contributed by atoms with Gasteiger partial charge in [0.15, 0.2) is 0 Å². The number of allylic oxidation sites excluding steroid dienone is 4. The molecular weight excluding hydrogens is 851 g/mol. The molecule has 0 aliphatic heterocycles. The summed E-state index contributed by atoms with van der Waals surface area (Å²) in [5, 5.41) is 23.2. The average molecular weight is 973 g/mol. The van der Waals surface area contributed by atoms with Crippen molar-refractivity contribution in [1.82, 2.24) is 5.32 Å². The van der Waals surface area contributed by atoms with Gasteiger partial charge in [-0.3, -0.25) is 9.59 Å². The van der Waals surface area contributed by atoms with Gasteiger partial charge in [-0.25, -0.2) is 0 Å². The molecule has 408 valence electrons. The smallest absolute Gasteiger partial charge is 0.305 e. The van der Waals surface area contributed by atoms with E-state index in [-0.39, 0.29) is 18.5 Å². The largest absolute Gasteiger partial charge is 0.466 e. The number of unbranched alkanes of at least 4 members (excludes halogenated alkanes) is 43. The van der Waals surface area contributed by atoms with Gasteiger partial charge in [-0.15, -0.1) is 0 Å². The normalized spacial score (nSPS) is 12.7. The van der Waals surface area contributed by atoms with E-state index in [4.69, 9.17) is 4.74 Å². The Labute approximate surface area is 431 Å². The molecule has 0 fully saturated rings. The standard InChI is InChI=1S/C63H121NO5/c1-3-5-7-9-11-13-15-17-18-19-26-29-33-37-41-45-49-53-57-63(68)69-58-54-50-46-42-38-34-30-27-24-22-20-21-23-25-28-32-36-40-44-48-52-56-62(67)64-60(59-65)61(66)55-51-47-43-39-35-31-16-14-12-10-8-6-4-2/h18-19,21,23,60-61,65-66H,3-17,20,22,24-59H2,1-2H3,(H,64,67)/b19-18-,23-21-. The first kappa shape index (κ1) is 67.3. The van der Waals surface area contributed by atoms with Gasteiger partial charge in [-0.1, -0.05) is 276 Å². The zero-order chi connectivity index (χ0) is 50.0. The summed E-state index contributed by atoms with van der Waals surface area (Å²) >= 11 is 0. The van der Waals surface area contributed by atoms with E-state index in [0.29, 0.717) is 25.9 Å². The van der Waals surface area contributed by atoms with Crippen molar-refractivity contribution in [2.24, 2.45) is 0 Å². The van der Waals surface area contributed by atoms with Crippen molar-refractivity contribution in [2.45, 2.75) is 353 Å². The first-order valence-electron chi connectivity index (χ1n) is 31.1. The van der Waals surface area contributed by atoms with Crippen molar-refractivity contribution in [1.29, 1.82) is 0 Å². The highest BCUT2D eigenvalue weighted by Gasteiger charge is 2.20. The van der Waals surface area contributed by atoms with Crippen molar-refractivity contribution >= 4 is 11.9 Å². The van der Waals surface area contributed by atoms with Crippen molar-refractivity contribution in [3.8, 4) is 0 Å². The Bertz CT molecular complexity index is 1080. The summed E-state index contributed by atoms with van der Waals surface area (Å²) in [6, 6.07) is -0.546. The summed E-state index contributed by atoms with van der Waals surface area (Å²) in [5.74, 6) is -0.0362. The minimum absolute atomic E-state index is 0.00569. The van der Waals surface area contributed by atoms with Crippen LogP contribution < -0.4 is 5.32 Å². The summed E-state index contributed by atoms with van der Waals surface area (Å²) in [6.45, 7) is 4.96. The average Bonchev–Trinajstić information content (AvgIpc) is 3.35. The van der Waals surface area contributed by atoms with Crippen molar-refractivity contribution < 1.29 is 24.5 Å². The number of aliphatic hydroxyl groups is 2. The predicted molar refractivity (Wildman–Crippen MR) is 301 cm³/mol. The molecule has 0 aromatic heterocycles. The zero-order valence-corrected chi connectivity index (χ0v) is 46.6. The fourth-order valence-electron chi connectivity index (χ4n) is 9.69. The molecule has 0 aromatic rings. The van der Waals surface area contributed by atoms with Crippen LogP contribution in [-0.2, 0) is 14.3 Å². The van der Waals surface area contributed by atoms with Crippen LogP contribution in [0, 0.1) is 0 Å². The number of rotatable bonds is 58. The fourth-order valence-corrected chi connectivity index (χ4v) is 9.69. The Hall–Kier alpha value is -1.66. The van der Waals surface area contributed by atoms with Gasteiger partial charge in [0.25, 0.3) is 0 Å². The molecule has 6 nitrogen and oxygen atoms in total. The molecule has 0 heterocycles. The maximum Gasteiger partial charge on any atom is 0.305 e. The number of ether oxygens (including phenoxy) is 1. The van der Waals surface area contributed by atoms with Gasteiger partial charge in [0.1, 0.15) is 0 Å². The van der Waals surface area contributed by atoms with Crippen molar-refractivity contribution in [3.63, 3.8) is 0 Å². The third-order valence-electron chi connectivity index (χ3n) is 14.5. The highest BCUT2D eigenvalue weighted by atomic mass is 16.5. The summed E-state index contributed by atoms with van der Waals surface area (Å²) in [7, 11) is 0. The number of hydrogen-bond acceptors (Lipinski definition) is 5. The van der Waals surface area contributed by atoms with Gasteiger partial charge in [0.2, 0.25) is 5.91 Å². The van der Waals surface area contributed by atoms with Gasteiger partial charge in [0.05, 0.1) is 25.4 Å². The number of nitrogens with one attached hydrogen (secondary N) is 1. The zero-order valence-electron chi connectivity index (χ0n) is 46.6. The minimum Gasteiger partial charge on any atom is -0.466 e. The van der Waals surface area contributed by atoms with E-state index in [9.17, 15) is 19.8 Å². The number of carbonyl (C=O) groups excluding carboxylic acids is 2. The Balaban J connectivity index is 3.40. The van der Waals surface area contributed by atoms with Crippen LogP contribution in [0.1, 0.15) is 341 Å². The van der Waals surface area contributed by atoms with Crippen LogP contribution in [0.3, 0.4) is 0 Å². The lowest BCUT2D eigenvalue weighted by Crippen LogP contribution is -2.45. The van der Waals surface area contributed by atoms with E-state index in [1.165, 1.54) is 263 Å². The third kappa shape index (κ3) is 55.5. The second-order valence-corrected chi connectivity index (χ2v) is 21.4. The Morgan fingerprint density at radius 3 is 1.03 bits per heavy atom. The first-order chi connectivity index (χ1) is 34.0. The molecule has 0 aliphatic carbocycles. The summed E-state index contributed by atoms with van der Waals surface area (Å²) in [4.78, 5) is 24.5. The Morgan fingerprint density at radius 1 is 0.391 bits per heavy atom. The molecule has 6 heteroatoms. The van der Waals surface area contributed by atoms with E-state index in [0.717, 1.165) is 44.9 Å². The maximum absolute atomic E-state index is 12.5. The van der Waals surface area contributed by atoms with Gasteiger partial charge >= 0.3 is 5.97 Å². The second kappa shape index (κ2) is 58.9. The lowest BCUT2D eigenvalue weighted by Gasteiger charge is -2.22. The van der Waals surface area contributed by atoms with Crippen LogP contribution >= 0.6 is 0 Å². The summed E-state index contributed by atoms with van der Waals surface area (Å²) in [5.41, 5.74) is 0. The van der Waals surface area contributed by atoms with Gasteiger partial charge in [-0.2, -0.15) is 0 Å². The molecule has 1 amide bonds. The van der Waals surface area contributed by atoms with Crippen molar-refractivity contribution in [2.75, 3.05) is 13.2 Å².